The van der Waals surface area contributed by atoms with Gasteiger partial charge in [0, 0.05) is 18.7 Å². The van der Waals surface area contributed by atoms with Gasteiger partial charge in [0.2, 0.25) is 0 Å². The van der Waals surface area contributed by atoms with Gasteiger partial charge in [-0.05, 0) is 62.8 Å². The minimum atomic E-state index is -0.494. The molecule has 0 unspecified atom stereocenters. The second kappa shape index (κ2) is 9.46. The first kappa shape index (κ1) is 23.8. The SMILES string of the molecule is COc1cc(CO)cc2nc(-c3ccc(C4CCN(C(=O)OC(C)(C)C)CC4)cc3)[nH]c(=O)c12. The lowest BCUT2D eigenvalue weighted by Crippen LogP contribution is -2.41. The molecule has 0 saturated carbocycles. The Morgan fingerprint density at radius 1 is 1.18 bits per heavy atom. The molecule has 0 aliphatic carbocycles. The number of carbonyl (C=O) groups is 1. The van der Waals surface area contributed by atoms with Gasteiger partial charge >= 0.3 is 6.09 Å². The number of methoxy groups -OCH3 is 1. The zero-order valence-corrected chi connectivity index (χ0v) is 20.1. The lowest BCUT2D eigenvalue weighted by molar-refractivity contribution is 0.0205. The number of aliphatic hydroxyl groups is 1. The number of carbonyl (C=O) groups excluding carboxylic acids is 1. The van der Waals surface area contributed by atoms with Crippen LogP contribution in [0, 0.1) is 0 Å². The summed E-state index contributed by atoms with van der Waals surface area (Å²) in [7, 11) is 1.49. The molecule has 1 amide bonds. The third-order valence-electron chi connectivity index (χ3n) is 6.04. The number of benzene rings is 2. The fourth-order valence-corrected chi connectivity index (χ4v) is 4.32. The molecule has 8 nitrogen and oxygen atoms in total. The van der Waals surface area contributed by atoms with Crippen molar-refractivity contribution in [3.63, 3.8) is 0 Å². The van der Waals surface area contributed by atoms with Crippen LogP contribution in [0.1, 0.15) is 50.7 Å². The van der Waals surface area contributed by atoms with Crippen molar-refractivity contribution in [2.45, 2.75) is 51.7 Å². The van der Waals surface area contributed by atoms with Gasteiger partial charge in [0.15, 0.2) is 0 Å². The standard InChI is InChI=1S/C26H31N3O5/c1-26(2,3)34-25(32)29-11-9-18(10-12-29)17-5-7-19(8-6-17)23-27-20-13-16(15-30)14-21(33-4)22(20)24(31)28-23/h5-8,13-14,18,30H,9-12,15H2,1-4H3,(H,27,28,31). The van der Waals surface area contributed by atoms with Crippen LogP contribution in [-0.2, 0) is 11.3 Å². The predicted molar refractivity (Wildman–Crippen MR) is 130 cm³/mol. The van der Waals surface area contributed by atoms with Crippen molar-refractivity contribution < 1.29 is 19.4 Å². The van der Waals surface area contributed by atoms with E-state index in [-0.39, 0.29) is 18.3 Å². The third-order valence-corrected chi connectivity index (χ3v) is 6.04. The van der Waals surface area contributed by atoms with E-state index < -0.39 is 5.60 Å². The Kier molecular flexibility index (Phi) is 6.61. The van der Waals surface area contributed by atoms with E-state index in [2.05, 4.69) is 22.1 Å². The quantitative estimate of drug-likeness (QED) is 0.598. The number of likely N-dealkylation sites (tertiary alicyclic amines) is 1. The van der Waals surface area contributed by atoms with Gasteiger partial charge in [-0.3, -0.25) is 4.79 Å². The van der Waals surface area contributed by atoms with E-state index in [0.29, 0.717) is 47.0 Å². The highest BCUT2D eigenvalue weighted by atomic mass is 16.6. The topological polar surface area (TPSA) is 105 Å². The van der Waals surface area contributed by atoms with E-state index >= 15 is 0 Å². The van der Waals surface area contributed by atoms with E-state index in [1.807, 2.05) is 32.9 Å². The number of H-pyrrole nitrogens is 1. The minimum Gasteiger partial charge on any atom is -0.496 e. The Labute approximate surface area is 198 Å². The Balaban J connectivity index is 1.51. The van der Waals surface area contributed by atoms with Crippen LogP contribution in [0.4, 0.5) is 4.79 Å². The van der Waals surface area contributed by atoms with Crippen molar-refractivity contribution in [3.8, 4) is 17.1 Å². The molecule has 1 aliphatic heterocycles. The summed E-state index contributed by atoms with van der Waals surface area (Å²) >= 11 is 0. The minimum absolute atomic E-state index is 0.169. The Bertz CT molecular complexity index is 1240. The number of nitrogens with one attached hydrogen (secondary N) is 1. The highest BCUT2D eigenvalue weighted by Gasteiger charge is 2.27. The van der Waals surface area contributed by atoms with Crippen LogP contribution >= 0.6 is 0 Å². The van der Waals surface area contributed by atoms with Crippen LogP contribution in [0.5, 0.6) is 5.75 Å². The molecular weight excluding hydrogens is 434 g/mol. The van der Waals surface area contributed by atoms with Crippen molar-refractivity contribution in [1.29, 1.82) is 0 Å². The number of hydrogen-bond acceptors (Lipinski definition) is 6. The van der Waals surface area contributed by atoms with Crippen LogP contribution in [0.2, 0.25) is 0 Å². The predicted octanol–water partition coefficient (Wildman–Crippen LogP) is 4.21. The molecule has 2 N–H and O–H groups in total. The van der Waals surface area contributed by atoms with Gasteiger partial charge in [-0.15, -0.1) is 0 Å². The number of aromatic amines is 1. The van der Waals surface area contributed by atoms with Crippen molar-refractivity contribution in [2.75, 3.05) is 20.2 Å². The summed E-state index contributed by atoms with van der Waals surface area (Å²) in [6.45, 7) is 6.78. The van der Waals surface area contributed by atoms with Gasteiger partial charge in [0.25, 0.3) is 5.56 Å². The second-order valence-electron chi connectivity index (χ2n) is 9.63. The molecule has 0 atom stereocenters. The van der Waals surface area contributed by atoms with E-state index in [1.54, 1.807) is 17.0 Å². The molecule has 1 fully saturated rings. The zero-order valence-electron chi connectivity index (χ0n) is 20.1. The summed E-state index contributed by atoms with van der Waals surface area (Å²) in [6.07, 6.45) is 1.48. The van der Waals surface area contributed by atoms with Crippen LogP contribution in [-0.4, -0.2) is 51.9 Å². The Morgan fingerprint density at radius 3 is 2.44 bits per heavy atom. The number of ether oxygens (including phenoxy) is 2. The van der Waals surface area contributed by atoms with Gasteiger partial charge in [-0.25, -0.2) is 9.78 Å². The first-order valence-corrected chi connectivity index (χ1v) is 11.5. The van der Waals surface area contributed by atoms with E-state index in [4.69, 9.17) is 9.47 Å². The van der Waals surface area contributed by atoms with Crippen molar-refractivity contribution >= 4 is 17.0 Å². The molecular formula is C26H31N3O5. The average molecular weight is 466 g/mol. The molecule has 3 aromatic rings. The maximum absolute atomic E-state index is 12.8. The van der Waals surface area contributed by atoms with Crippen molar-refractivity contribution in [1.82, 2.24) is 14.9 Å². The Hall–Kier alpha value is -3.39. The van der Waals surface area contributed by atoms with Gasteiger partial charge < -0.3 is 24.5 Å². The molecule has 34 heavy (non-hydrogen) atoms. The van der Waals surface area contributed by atoms with Crippen molar-refractivity contribution in [2.24, 2.45) is 0 Å². The summed E-state index contributed by atoms with van der Waals surface area (Å²) in [4.78, 5) is 34.3. The second-order valence-corrected chi connectivity index (χ2v) is 9.63. The highest BCUT2D eigenvalue weighted by molar-refractivity contribution is 5.86. The summed E-state index contributed by atoms with van der Waals surface area (Å²) in [5.41, 5.74) is 2.30. The maximum Gasteiger partial charge on any atom is 0.410 e. The lowest BCUT2D eigenvalue weighted by Gasteiger charge is -2.33. The van der Waals surface area contributed by atoms with Crippen LogP contribution in [0.3, 0.4) is 0 Å². The third kappa shape index (κ3) is 5.07. The molecule has 1 aliphatic rings. The van der Waals surface area contributed by atoms with Crippen molar-refractivity contribution in [3.05, 3.63) is 57.9 Å². The monoisotopic (exact) mass is 465 g/mol. The van der Waals surface area contributed by atoms with Crippen LogP contribution in [0.15, 0.2) is 41.2 Å². The summed E-state index contributed by atoms with van der Waals surface area (Å²) in [5, 5.41) is 9.88. The molecule has 0 bridgehead atoms. The molecule has 0 radical (unpaired) electrons. The number of piperidine rings is 1. The van der Waals surface area contributed by atoms with Gasteiger partial charge in [0.1, 0.15) is 22.6 Å². The molecule has 2 heterocycles. The molecule has 180 valence electrons. The molecule has 4 rings (SSSR count). The molecule has 2 aromatic carbocycles. The van der Waals surface area contributed by atoms with Gasteiger partial charge in [0.05, 0.1) is 19.2 Å². The smallest absolute Gasteiger partial charge is 0.410 e. The maximum atomic E-state index is 12.8. The fraction of sp³-hybridized carbons (Fsp3) is 0.423. The normalized spacial score (nSPS) is 14.9. The van der Waals surface area contributed by atoms with Crippen LogP contribution in [0.25, 0.3) is 22.3 Å². The zero-order chi connectivity index (χ0) is 24.5. The average Bonchev–Trinajstić information content (AvgIpc) is 2.82. The molecule has 1 aromatic heterocycles. The molecule has 1 saturated heterocycles. The number of fused-ring (bicyclic) bond motifs is 1. The largest absolute Gasteiger partial charge is 0.496 e. The lowest BCUT2D eigenvalue weighted by atomic mass is 9.89. The Morgan fingerprint density at radius 2 is 1.85 bits per heavy atom. The molecule has 8 heteroatoms. The van der Waals surface area contributed by atoms with E-state index in [9.17, 15) is 14.7 Å². The van der Waals surface area contributed by atoms with E-state index in [1.165, 1.54) is 12.7 Å². The highest BCUT2D eigenvalue weighted by Crippen LogP contribution is 2.31. The molecule has 0 spiro atoms. The number of nitrogens with zero attached hydrogens (tertiary/aromatic N) is 2. The number of aliphatic hydroxyl groups excluding tert-OH is 1. The number of aromatic nitrogens is 2. The first-order valence-electron chi connectivity index (χ1n) is 11.5. The van der Waals surface area contributed by atoms with Gasteiger partial charge in [-0.1, -0.05) is 24.3 Å². The first-order chi connectivity index (χ1) is 16.2. The number of hydrogen-bond donors (Lipinski definition) is 2. The number of rotatable bonds is 4. The number of amides is 1. The summed E-state index contributed by atoms with van der Waals surface area (Å²) in [5.74, 6) is 1.20. The fourth-order valence-electron chi connectivity index (χ4n) is 4.32. The van der Waals surface area contributed by atoms with Crippen LogP contribution < -0.4 is 10.3 Å². The van der Waals surface area contributed by atoms with Gasteiger partial charge in [-0.2, -0.15) is 0 Å². The van der Waals surface area contributed by atoms with E-state index in [0.717, 1.165) is 18.4 Å². The summed E-state index contributed by atoms with van der Waals surface area (Å²) < 4.78 is 10.8. The summed E-state index contributed by atoms with van der Waals surface area (Å²) in [6, 6.07) is 11.3.